The van der Waals surface area contributed by atoms with Crippen LogP contribution in [0.3, 0.4) is 0 Å². The van der Waals surface area contributed by atoms with Crippen molar-refractivity contribution < 1.29 is 19.1 Å². The van der Waals surface area contributed by atoms with Crippen molar-refractivity contribution in [3.8, 4) is 5.75 Å². The Morgan fingerprint density at radius 2 is 2.33 bits per heavy atom. The SMILES string of the molecule is COc1ccc2oc(C)c(C(=O)N3CCC(CO)C3)c2c1. The molecule has 1 N–H and O–H groups in total. The van der Waals surface area contributed by atoms with E-state index < -0.39 is 0 Å². The Kier molecular flexibility index (Phi) is 3.59. The maximum Gasteiger partial charge on any atom is 0.258 e. The molecular weight excluding hydrogens is 270 g/mol. The van der Waals surface area contributed by atoms with E-state index in [0.717, 1.165) is 11.8 Å². The van der Waals surface area contributed by atoms with Gasteiger partial charge in [-0.25, -0.2) is 0 Å². The fourth-order valence-corrected chi connectivity index (χ4v) is 2.92. The molecule has 2 aromatic rings. The van der Waals surface area contributed by atoms with Crippen LogP contribution in [0.5, 0.6) is 5.75 Å². The predicted octanol–water partition coefficient (Wildman–Crippen LogP) is 2.20. The zero-order valence-electron chi connectivity index (χ0n) is 12.3. The van der Waals surface area contributed by atoms with E-state index in [1.165, 1.54) is 0 Å². The summed E-state index contributed by atoms with van der Waals surface area (Å²) in [6, 6.07) is 5.47. The summed E-state index contributed by atoms with van der Waals surface area (Å²) in [7, 11) is 1.60. The summed E-state index contributed by atoms with van der Waals surface area (Å²) >= 11 is 0. The van der Waals surface area contributed by atoms with Gasteiger partial charge in [0.2, 0.25) is 0 Å². The first-order valence-corrected chi connectivity index (χ1v) is 7.11. The van der Waals surface area contributed by atoms with E-state index >= 15 is 0 Å². The molecular formula is C16H19NO4. The monoisotopic (exact) mass is 289 g/mol. The minimum Gasteiger partial charge on any atom is -0.497 e. The number of aliphatic hydroxyl groups is 1. The molecule has 0 spiro atoms. The molecule has 2 heterocycles. The van der Waals surface area contributed by atoms with Gasteiger partial charge in [0.05, 0.1) is 12.7 Å². The Balaban J connectivity index is 1.99. The molecule has 0 saturated carbocycles. The van der Waals surface area contributed by atoms with Gasteiger partial charge < -0.3 is 19.2 Å². The second-order valence-electron chi connectivity index (χ2n) is 5.48. The molecule has 5 heteroatoms. The van der Waals surface area contributed by atoms with Crippen molar-refractivity contribution in [1.82, 2.24) is 4.90 Å². The number of carbonyl (C=O) groups is 1. The van der Waals surface area contributed by atoms with E-state index in [0.29, 0.717) is 35.7 Å². The standard InChI is InChI=1S/C16H19NO4/c1-10-15(16(19)17-6-5-11(8-17)9-18)13-7-12(20-2)3-4-14(13)21-10/h3-4,7,11,18H,5-6,8-9H2,1-2H3. The zero-order valence-corrected chi connectivity index (χ0v) is 12.3. The summed E-state index contributed by atoms with van der Waals surface area (Å²) in [6.07, 6.45) is 0.848. The first kappa shape index (κ1) is 13.9. The number of likely N-dealkylation sites (tertiary alicyclic amines) is 1. The lowest BCUT2D eigenvalue weighted by Gasteiger charge is -2.16. The van der Waals surface area contributed by atoms with Crippen molar-refractivity contribution in [2.24, 2.45) is 5.92 Å². The predicted molar refractivity (Wildman–Crippen MR) is 78.6 cm³/mol. The molecule has 1 aliphatic heterocycles. The average molecular weight is 289 g/mol. The van der Waals surface area contributed by atoms with Crippen LogP contribution in [0.2, 0.25) is 0 Å². The number of furan rings is 1. The lowest BCUT2D eigenvalue weighted by molar-refractivity contribution is 0.0782. The van der Waals surface area contributed by atoms with Gasteiger partial charge in [-0.1, -0.05) is 0 Å². The van der Waals surface area contributed by atoms with Crippen molar-refractivity contribution in [1.29, 1.82) is 0 Å². The van der Waals surface area contributed by atoms with Gasteiger partial charge in [-0.3, -0.25) is 4.79 Å². The van der Waals surface area contributed by atoms with E-state index in [1.807, 2.05) is 18.2 Å². The van der Waals surface area contributed by atoms with Crippen molar-refractivity contribution in [3.05, 3.63) is 29.5 Å². The highest BCUT2D eigenvalue weighted by Crippen LogP contribution is 2.31. The Labute approximate surface area is 123 Å². The summed E-state index contributed by atoms with van der Waals surface area (Å²) < 4.78 is 10.9. The van der Waals surface area contributed by atoms with Crippen LogP contribution in [0.4, 0.5) is 0 Å². The molecule has 1 fully saturated rings. The van der Waals surface area contributed by atoms with Crippen molar-refractivity contribution in [2.45, 2.75) is 13.3 Å². The Morgan fingerprint density at radius 3 is 3.00 bits per heavy atom. The first-order chi connectivity index (χ1) is 10.1. The molecule has 21 heavy (non-hydrogen) atoms. The molecule has 1 aromatic heterocycles. The largest absolute Gasteiger partial charge is 0.497 e. The van der Waals surface area contributed by atoms with Gasteiger partial charge in [-0.15, -0.1) is 0 Å². The number of fused-ring (bicyclic) bond motifs is 1. The molecule has 1 saturated heterocycles. The second-order valence-corrected chi connectivity index (χ2v) is 5.48. The van der Waals surface area contributed by atoms with Gasteiger partial charge in [-0.05, 0) is 31.5 Å². The van der Waals surface area contributed by atoms with Crippen LogP contribution in [0.15, 0.2) is 22.6 Å². The third kappa shape index (κ3) is 2.38. The normalized spacial score (nSPS) is 18.4. The molecule has 5 nitrogen and oxygen atoms in total. The Hall–Kier alpha value is -2.01. The number of carbonyl (C=O) groups excluding carboxylic acids is 1. The molecule has 1 aromatic carbocycles. The lowest BCUT2D eigenvalue weighted by atomic mass is 10.1. The smallest absolute Gasteiger partial charge is 0.258 e. The lowest BCUT2D eigenvalue weighted by Crippen LogP contribution is -2.29. The number of rotatable bonds is 3. The van der Waals surface area contributed by atoms with Crippen LogP contribution in [0, 0.1) is 12.8 Å². The molecule has 0 radical (unpaired) electrons. The van der Waals surface area contributed by atoms with Crippen LogP contribution in [-0.2, 0) is 0 Å². The molecule has 0 bridgehead atoms. The highest BCUT2D eigenvalue weighted by molar-refractivity contribution is 6.07. The van der Waals surface area contributed by atoms with Gasteiger partial charge in [0.25, 0.3) is 5.91 Å². The molecule has 112 valence electrons. The summed E-state index contributed by atoms with van der Waals surface area (Å²) in [5.41, 5.74) is 1.29. The molecule has 1 unspecified atom stereocenters. The summed E-state index contributed by atoms with van der Waals surface area (Å²) in [4.78, 5) is 14.5. The Morgan fingerprint density at radius 1 is 1.52 bits per heavy atom. The minimum absolute atomic E-state index is 0.0320. The zero-order chi connectivity index (χ0) is 15.0. The number of benzene rings is 1. The topological polar surface area (TPSA) is 62.9 Å². The third-order valence-corrected chi connectivity index (χ3v) is 4.12. The Bertz CT molecular complexity index is 676. The van der Waals surface area contributed by atoms with Crippen molar-refractivity contribution in [3.63, 3.8) is 0 Å². The van der Waals surface area contributed by atoms with Gasteiger partial charge >= 0.3 is 0 Å². The van der Waals surface area contributed by atoms with Crippen LogP contribution in [0.25, 0.3) is 11.0 Å². The van der Waals surface area contributed by atoms with Gasteiger partial charge in [0.1, 0.15) is 17.1 Å². The highest BCUT2D eigenvalue weighted by atomic mass is 16.5. The van der Waals surface area contributed by atoms with Crippen LogP contribution in [-0.4, -0.2) is 42.7 Å². The van der Waals surface area contributed by atoms with E-state index in [9.17, 15) is 9.90 Å². The van der Waals surface area contributed by atoms with Gasteiger partial charge in [0.15, 0.2) is 0 Å². The average Bonchev–Trinajstić information content (AvgIpc) is 3.09. The second kappa shape index (κ2) is 5.41. The van der Waals surface area contributed by atoms with E-state index in [4.69, 9.17) is 9.15 Å². The van der Waals surface area contributed by atoms with Crippen LogP contribution >= 0.6 is 0 Å². The number of aryl methyl sites for hydroxylation is 1. The molecule has 1 aliphatic rings. The first-order valence-electron chi connectivity index (χ1n) is 7.11. The summed E-state index contributed by atoms with van der Waals surface area (Å²) in [6.45, 7) is 3.22. The van der Waals surface area contributed by atoms with Crippen LogP contribution < -0.4 is 4.74 Å². The minimum atomic E-state index is -0.0320. The van der Waals surface area contributed by atoms with Crippen molar-refractivity contribution in [2.75, 3.05) is 26.8 Å². The fraction of sp³-hybridized carbons (Fsp3) is 0.438. The summed E-state index contributed by atoms with van der Waals surface area (Å²) in [5, 5.41) is 10.00. The van der Waals surface area contributed by atoms with Gasteiger partial charge in [0, 0.05) is 31.0 Å². The third-order valence-electron chi connectivity index (χ3n) is 4.12. The van der Waals surface area contributed by atoms with Crippen molar-refractivity contribution >= 4 is 16.9 Å². The van der Waals surface area contributed by atoms with E-state index in [2.05, 4.69) is 0 Å². The number of hydrogen-bond donors (Lipinski definition) is 1. The molecule has 3 rings (SSSR count). The number of ether oxygens (including phenoxy) is 1. The molecule has 1 amide bonds. The summed E-state index contributed by atoms with van der Waals surface area (Å²) in [5.74, 6) is 1.47. The maximum atomic E-state index is 12.7. The number of methoxy groups -OCH3 is 1. The quantitative estimate of drug-likeness (QED) is 0.941. The molecule has 0 aliphatic carbocycles. The number of amides is 1. The van der Waals surface area contributed by atoms with E-state index in [-0.39, 0.29) is 18.4 Å². The maximum absolute atomic E-state index is 12.7. The molecule has 1 atom stereocenters. The van der Waals surface area contributed by atoms with E-state index in [1.54, 1.807) is 18.9 Å². The highest BCUT2D eigenvalue weighted by Gasteiger charge is 2.29. The number of aliphatic hydroxyl groups excluding tert-OH is 1. The number of hydrogen-bond acceptors (Lipinski definition) is 4. The fourth-order valence-electron chi connectivity index (χ4n) is 2.92. The van der Waals surface area contributed by atoms with Crippen LogP contribution in [0.1, 0.15) is 22.5 Å². The van der Waals surface area contributed by atoms with Gasteiger partial charge in [-0.2, -0.15) is 0 Å². The number of nitrogens with zero attached hydrogens (tertiary/aromatic N) is 1.